The molecule has 4 nitrogen and oxygen atoms in total. The number of furan rings is 2. The first-order valence-electron chi connectivity index (χ1n) is 6.27. The molecule has 4 heteroatoms. The maximum absolute atomic E-state index is 5.89. The van der Waals surface area contributed by atoms with Crippen LogP contribution in [-0.4, -0.2) is 18.0 Å². The summed E-state index contributed by atoms with van der Waals surface area (Å²) in [6, 6.07) is 7.94. The lowest BCUT2D eigenvalue weighted by molar-refractivity contribution is 0.166. The SMILES string of the molecule is CCN(Cc1ccco1)C(CN)c1ccc(C)o1. The Morgan fingerprint density at radius 2 is 2.17 bits per heavy atom. The van der Waals surface area contributed by atoms with Crippen LogP contribution in [0.5, 0.6) is 0 Å². The van der Waals surface area contributed by atoms with Crippen molar-refractivity contribution < 1.29 is 8.83 Å². The van der Waals surface area contributed by atoms with Gasteiger partial charge in [0.25, 0.3) is 0 Å². The first kappa shape index (κ1) is 12.9. The predicted molar refractivity (Wildman–Crippen MR) is 70.0 cm³/mol. The van der Waals surface area contributed by atoms with Gasteiger partial charge in [-0.15, -0.1) is 0 Å². The van der Waals surface area contributed by atoms with Gasteiger partial charge in [0.2, 0.25) is 0 Å². The second kappa shape index (κ2) is 5.89. The van der Waals surface area contributed by atoms with E-state index in [4.69, 9.17) is 14.6 Å². The van der Waals surface area contributed by atoms with Gasteiger partial charge in [0.1, 0.15) is 17.3 Å². The van der Waals surface area contributed by atoms with Gasteiger partial charge in [-0.05, 0) is 37.7 Å². The molecule has 2 aromatic rings. The van der Waals surface area contributed by atoms with Crippen molar-refractivity contribution in [1.29, 1.82) is 0 Å². The minimum absolute atomic E-state index is 0.0915. The number of hydrogen-bond donors (Lipinski definition) is 1. The van der Waals surface area contributed by atoms with Crippen LogP contribution in [0.15, 0.2) is 39.4 Å². The zero-order valence-corrected chi connectivity index (χ0v) is 10.9. The van der Waals surface area contributed by atoms with E-state index in [1.807, 2.05) is 31.2 Å². The molecular weight excluding hydrogens is 228 g/mol. The molecule has 1 unspecified atom stereocenters. The lowest BCUT2D eigenvalue weighted by Crippen LogP contribution is -2.32. The molecule has 2 aromatic heterocycles. The maximum atomic E-state index is 5.89. The van der Waals surface area contributed by atoms with Crippen LogP contribution in [0, 0.1) is 6.92 Å². The summed E-state index contributed by atoms with van der Waals surface area (Å²) < 4.78 is 11.1. The second-order valence-corrected chi connectivity index (χ2v) is 4.34. The molecule has 0 aliphatic heterocycles. The molecule has 2 rings (SSSR count). The Labute approximate surface area is 107 Å². The summed E-state index contributed by atoms with van der Waals surface area (Å²) in [6.07, 6.45) is 1.69. The fraction of sp³-hybridized carbons (Fsp3) is 0.429. The third kappa shape index (κ3) is 2.83. The third-order valence-corrected chi connectivity index (χ3v) is 3.10. The van der Waals surface area contributed by atoms with Gasteiger partial charge in [-0.1, -0.05) is 6.92 Å². The smallest absolute Gasteiger partial charge is 0.122 e. The molecule has 0 fully saturated rings. The van der Waals surface area contributed by atoms with E-state index in [2.05, 4.69) is 11.8 Å². The fourth-order valence-electron chi connectivity index (χ4n) is 2.12. The third-order valence-electron chi connectivity index (χ3n) is 3.10. The van der Waals surface area contributed by atoms with Gasteiger partial charge in [0.15, 0.2) is 0 Å². The molecule has 98 valence electrons. The quantitative estimate of drug-likeness (QED) is 0.854. The fourth-order valence-corrected chi connectivity index (χ4v) is 2.12. The summed E-state index contributed by atoms with van der Waals surface area (Å²) >= 11 is 0. The predicted octanol–water partition coefficient (Wildman–Crippen LogP) is 2.70. The van der Waals surface area contributed by atoms with Crippen molar-refractivity contribution in [3.05, 3.63) is 47.8 Å². The Hall–Kier alpha value is -1.52. The monoisotopic (exact) mass is 248 g/mol. The van der Waals surface area contributed by atoms with Gasteiger partial charge in [-0.25, -0.2) is 0 Å². The van der Waals surface area contributed by atoms with Crippen LogP contribution < -0.4 is 5.73 Å². The molecule has 0 amide bonds. The van der Waals surface area contributed by atoms with Crippen LogP contribution in [-0.2, 0) is 6.54 Å². The van der Waals surface area contributed by atoms with Gasteiger partial charge in [-0.2, -0.15) is 0 Å². The summed E-state index contributed by atoms with van der Waals surface area (Å²) in [5, 5.41) is 0. The summed E-state index contributed by atoms with van der Waals surface area (Å²) in [7, 11) is 0. The Morgan fingerprint density at radius 1 is 1.33 bits per heavy atom. The first-order chi connectivity index (χ1) is 8.74. The Kier molecular flexibility index (Phi) is 4.23. The zero-order valence-electron chi connectivity index (χ0n) is 10.9. The van der Waals surface area contributed by atoms with Crippen molar-refractivity contribution in [1.82, 2.24) is 4.90 Å². The van der Waals surface area contributed by atoms with E-state index in [1.165, 1.54) is 0 Å². The first-order valence-corrected chi connectivity index (χ1v) is 6.27. The van der Waals surface area contributed by atoms with Gasteiger partial charge in [0, 0.05) is 6.54 Å². The summed E-state index contributed by atoms with van der Waals surface area (Å²) in [5.74, 6) is 2.78. The molecule has 0 aliphatic rings. The lowest BCUT2D eigenvalue weighted by atomic mass is 10.2. The highest BCUT2D eigenvalue weighted by Gasteiger charge is 2.21. The molecule has 0 saturated carbocycles. The van der Waals surface area contributed by atoms with Crippen LogP contribution >= 0.6 is 0 Å². The normalized spacial score (nSPS) is 13.1. The van der Waals surface area contributed by atoms with Crippen LogP contribution in [0.25, 0.3) is 0 Å². The molecule has 18 heavy (non-hydrogen) atoms. The number of rotatable bonds is 6. The van der Waals surface area contributed by atoms with Gasteiger partial charge in [-0.3, -0.25) is 4.90 Å². The van der Waals surface area contributed by atoms with Crippen LogP contribution in [0.4, 0.5) is 0 Å². The van der Waals surface area contributed by atoms with E-state index < -0.39 is 0 Å². The van der Waals surface area contributed by atoms with Crippen molar-refractivity contribution in [2.24, 2.45) is 5.73 Å². The number of aryl methyl sites for hydroxylation is 1. The minimum Gasteiger partial charge on any atom is -0.468 e. The molecule has 2 heterocycles. The number of likely N-dealkylation sites (N-methyl/N-ethyl adjacent to an activating group) is 1. The largest absolute Gasteiger partial charge is 0.468 e. The number of nitrogens with zero attached hydrogens (tertiary/aromatic N) is 1. The average molecular weight is 248 g/mol. The van der Waals surface area contributed by atoms with E-state index in [1.54, 1.807) is 6.26 Å². The zero-order chi connectivity index (χ0) is 13.0. The molecule has 2 N–H and O–H groups in total. The molecule has 0 aliphatic carbocycles. The van der Waals surface area contributed by atoms with Crippen molar-refractivity contribution in [3.8, 4) is 0 Å². The molecule has 0 aromatic carbocycles. The van der Waals surface area contributed by atoms with Crippen molar-refractivity contribution >= 4 is 0 Å². The molecular formula is C14H20N2O2. The molecule has 0 bridgehead atoms. The van der Waals surface area contributed by atoms with Crippen LogP contribution in [0.3, 0.4) is 0 Å². The number of hydrogen-bond acceptors (Lipinski definition) is 4. The second-order valence-electron chi connectivity index (χ2n) is 4.34. The molecule has 0 radical (unpaired) electrons. The van der Waals surface area contributed by atoms with Crippen LogP contribution in [0.2, 0.25) is 0 Å². The topological polar surface area (TPSA) is 55.5 Å². The Bertz CT molecular complexity index is 462. The van der Waals surface area contributed by atoms with Gasteiger partial charge < -0.3 is 14.6 Å². The van der Waals surface area contributed by atoms with Gasteiger partial charge >= 0.3 is 0 Å². The molecule has 0 saturated heterocycles. The van der Waals surface area contributed by atoms with Crippen molar-refractivity contribution in [2.45, 2.75) is 26.4 Å². The van der Waals surface area contributed by atoms with E-state index >= 15 is 0 Å². The minimum atomic E-state index is 0.0915. The van der Waals surface area contributed by atoms with E-state index in [0.29, 0.717) is 6.54 Å². The Balaban J connectivity index is 2.13. The molecule has 1 atom stereocenters. The lowest BCUT2D eigenvalue weighted by Gasteiger charge is -2.27. The highest BCUT2D eigenvalue weighted by molar-refractivity contribution is 5.11. The Morgan fingerprint density at radius 3 is 2.67 bits per heavy atom. The van der Waals surface area contributed by atoms with Gasteiger partial charge in [0.05, 0.1) is 18.8 Å². The molecule has 0 spiro atoms. The van der Waals surface area contributed by atoms with Crippen LogP contribution in [0.1, 0.15) is 30.2 Å². The van der Waals surface area contributed by atoms with Crippen molar-refractivity contribution in [3.63, 3.8) is 0 Å². The summed E-state index contributed by atoms with van der Waals surface area (Å²) in [5.41, 5.74) is 5.89. The summed E-state index contributed by atoms with van der Waals surface area (Å²) in [6.45, 7) is 6.22. The van der Waals surface area contributed by atoms with Crippen molar-refractivity contribution in [2.75, 3.05) is 13.1 Å². The van der Waals surface area contributed by atoms with E-state index in [-0.39, 0.29) is 6.04 Å². The summed E-state index contributed by atoms with van der Waals surface area (Å²) in [4.78, 5) is 2.25. The van der Waals surface area contributed by atoms with E-state index in [9.17, 15) is 0 Å². The highest BCUT2D eigenvalue weighted by Crippen LogP contribution is 2.23. The maximum Gasteiger partial charge on any atom is 0.122 e. The van der Waals surface area contributed by atoms with E-state index in [0.717, 1.165) is 30.4 Å². The average Bonchev–Trinajstić information content (AvgIpc) is 3.01. The highest BCUT2D eigenvalue weighted by atomic mass is 16.3. The number of nitrogens with two attached hydrogens (primary N) is 1. The standard InChI is InChI=1S/C14H20N2O2/c1-3-16(10-12-5-4-8-17-12)13(9-15)14-7-6-11(2)18-14/h4-8,13H,3,9-10,15H2,1-2H3.